The van der Waals surface area contributed by atoms with E-state index in [9.17, 15) is 4.79 Å². The summed E-state index contributed by atoms with van der Waals surface area (Å²) in [5, 5.41) is 9.15. The van der Waals surface area contributed by atoms with Crippen molar-refractivity contribution in [2.45, 2.75) is 31.7 Å². The summed E-state index contributed by atoms with van der Waals surface area (Å²) in [7, 11) is 0. The van der Waals surface area contributed by atoms with Crippen LogP contribution >= 0.6 is 0 Å². The van der Waals surface area contributed by atoms with Crippen LogP contribution in [0.5, 0.6) is 0 Å². The average molecular weight is 264 g/mol. The second-order valence-electron chi connectivity index (χ2n) is 4.73. The summed E-state index contributed by atoms with van der Waals surface area (Å²) in [5.74, 6) is 5.19. The zero-order chi connectivity index (χ0) is 13.7. The van der Waals surface area contributed by atoms with E-state index in [1.165, 1.54) is 0 Å². The molecule has 0 unspecified atom stereocenters. The van der Waals surface area contributed by atoms with Crippen molar-refractivity contribution in [3.63, 3.8) is 0 Å². The number of carbonyl (C=O) groups excluding carboxylic acids is 1. The number of rotatable bonds is 5. The highest BCUT2D eigenvalue weighted by atomic mass is 16.3. The van der Waals surface area contributed by atoms with Crippen LogP contribution in [0.4, 0.5) is 5.69 Å². The number of anilines is 1. The average Bonchev–Trinajstić information content (AvgIpc) is 2.98. The van der Waals surface area contributed by atoms with Gasteiger partial charge in [-0.15, -0.1) is 0 Å². The lowest BCUT2D eigenvalue weighted by atomic mass is 10.2. The molecule has 0 radical (unpaired) electrons. The molecule has 1 saturated carbocycles. The Hall–Kier alpha value is -1.66. The second kappa shape index (κ2) is 6.49. The SMILES string of the molecule is NNc1ccnc(C(=O)N(CCO)C2CCCC2)c1. The number of hydrogen-bond donors (Lipinski definition) is 3. The Morgan fingerprint density at radius 3 is 2.89 bits per heavy atom. The molecule has 0 saturated heterocycles. The largest absolute Gasteiger partial charge is 0.395 e. The summed E-state index contributed by atoms with van der Waals surface area (Å²) in [6.07, 6.45) is 5.82. The molecular formula is C13H20N4O2. The van der Waals surface area contributed by atoms with Crippen molar-refractivity contribution in [3.05, 3.63) is 24.0 Å². The number of aromatic nitrogens is 1. The van der Waals surface area contributed by atoms with Crippen LogP contribution in [0.1, 0.15) is 36.2 Å². The van der Waals surface area contributed by atoms with E-state index in [1.54, 1.807) is 23.2 Å². The maximum atomic E-state index is 12.5. The smallest absolute Gasteiger partial charge is 0.272 e. The number of nitrogens with zero attached hydrogens (tertiary/aromatic N) is 2. The van der Waals surface area contributed by atoms with Crippen LogP contribution in [0.2, 0.25) is 0 Å². The van der Waals surface area contributed by atoms with Crippen molar-refractivity contribution < 1.29 is 9.90 Å². The number of aliphatic hydroxyl groups is 1. The van der Waals surface area contributed by atoms with Crippen LogP contribution in [0, 0.1) is 0 Å². The van der Waals surface area contributed by atoms with E-state index in [4.69, 9.17) is 10.9 Å². The Bertz CT molecular complexity index is 432. The fourth-order valence-electron chi connectivity index (χ4n) is 2.56. The van der Waals surface area contributed by atoms with Gasteiger partial charge in [0.25, 0.3) is 5.91 Å². The molecule has 1 heterocycles. The Morgan fingerprint density at radius 2 is 2.26 bits per heavy atom. The molecular weight excluding hydrogens is 244 g/mol. The van der Waals surface area contributed by atoms with E-state index in [0.29, 0.717) is 17.9 Å². The van der Waals surface area contributed by atoms with Gasteiger partial charge in [0.15, 0.2) is 0 Å². The molecule has 0 bridgehead atoms. The number of carbonyl (C=O) groups is 1. The summed E-state index contributed by atoms with van der Waals surface area (Å²) in [5.41, 5.74) is 3.51. The predicted molar refractivity (Wildman–Crippen MR) is 72.4 cm³/mol. The van der Waals surface area contributed by atoms with Gasteiger partial charge in [0, 0.05) is 18.8 Å². The van der Waals surface area contributed by atoms with Crippen molar-refractivity contribution >= 4 is 11.6 Å². The van der Waals surface area contributed by atoms with Gasteiger partial charge < -0.3 is 15.4 Å². The molecule has 0 atom stereocenters. The summed E-state index contributed by atoms with van der Waals surface area (Å²) >= 11 is 0. The van der Waals surface area contributed by atoms with Crippen LogP contribution < -0.4 is 11.3 Å². The first-order chi connectivity index (χ1) is 9.26. The maximum Gasteiger partial charge on any atom is 0.272 e. The molecule has 0 spiro atoms. The van der Waals surface area contributed by atoms with Gasteiger partial charge in [0.05, 0.1) is 12.3 Å². The van der Waals surface area contributed by atoms with Crippen molar-refractivity contribution in [3.8, 4) is 0 Å². The van der Waals surface area contributed by atoms with Gasteiger partial charge in [-0.05, 0) is 25.0 Å². The van der Waals surface area contributed by atoms with Gasteiger partial charge in [-0.3, -0.25) is 15.6 Å². The first-order valence-electron chi connectivity index (χ1n) is 6.60. The molecule has 19 heavy (non-hydrogen) atoms. The highest BCUT2D eigenvalue weighted by molar-refractivity contribution is 5.93. The second-order valence-corrected chi connectivity index (χ2v) is 4.73. The van der Waals surface area contributed by atoms with Gasteiger partial charge in [0.1, 0.15) is 5.69 Å². The monoisotopic (exact) mass is 264 g/mol. The Morgan fingerprint density at radius 1 is 1.53 bits per heavy atom. The van der Waals surface area contributed by atoms with Crippen molar-refractivity contribution in [1.82, 2.24) is 9.88 Å². The molecule has 1 aliphatic carbocycles. The first kappa shape index (κ1) is 13.8. The lowest BCUT2D eigenvalue weighted by Gasteiger charge is -2.28. The van der Waals surface area contributed by atoms with E-state index < -0.39 is 0 Å². The number of nitrogen functional groups attached to an aromatic ring is 1. The van der Waals surface area contributed by atoms with E-state index in [1.807, 2.05) is 0 Å². The standard InChI is InChI=1S/C13H20N4O2/c14-16-10-5-6-15-12(9-10)13(19)17(7-8-18)11-3-1-2-4-11/h5-6,9,11,18H,1-4,7-8,14H2,(H,15,16). The molecule has 1 amide bonds. The third-order valence-corrected chi connectivity index (χ3v) is 3.51. The van der Waals surface area contributed by atoms with Crippen LogP contribution in [0.3, 0.4) is 0 Å². The van der Waals surface area contributed by atoms with Crippen molar-refractivity contribution in [2.75, 3.05) is 18.6 Å². The fraction of sp³-hybridized carbons (Fsp3) is 0.538. The molecule has 2 rings (SSSR count). The maximum absolute atomic E-state index is 12.5. The molecule has 104 valence electrons. The van der Waals surface area contributed by atoms with Crippen LogP contribution in [0.25, 0.3) is 0 Å². The third-order valence-electron chi connectivity index (χ3n) is 3.51. The number of pyridine rings is 1. The zero-order valence-corrected chi connectivity index (χ0v) is 10.9. The third kappa shape index (κ3) is 3.21. The molecule has 4 N–H and O–H groups in total. The fourth-order valence-corrected chi connectivity index (χ4v) is 2.56. The van der Waals surface area contributed by atoms with E-state index in [-0.39, 0.29) is 18.6 Å². The van der Waals surface area contributed by atoms with E-state index in [2.05, 4.69) is 10.4 Å². The normalized spacial score (nSPS) is 15.5. The minimum atomic E-state index is -0.141. The molecule has 1 aliphatic rings. The lowest BCUT2D eigenvalue weighted by Crippen LogP contribution is -2.41. The van der Waals surface area contributed by atoms with Gasteiger partial charge in [-0.1, -0.05) is 12.8 Å². The quantitative estimate of drug-likeness (QED) is 0.539. The molecule has 1 fully saturated rings. The Labute approximate surface area is 112 Å². The summed E-state index contributed by atoms with van der Waals surface area (Å²) in [4.78, 5) is 18.3. The topological polar surface area (TPSA) is 91.5 Å². The van der Waals surface area contributed by atoms with Crippen molar-refractivity contribution in [1.29, 1.82) is 0 Å². The highest BCUT2D eigenvalue weighted by Gasteiger charge is 2.27. The van der Waals surface area contributed by atoms with Crippen molar-refractivity contribution in [2.24, 2.45) is 5.84 Å². The summed E-state index contributed by atoms with van der Waals surface area (Å²) in [6, 6.07) is 3.54. The minimum absolute atomic E-state index is 0.0307. The Kier molecular flexibility index (Phi) is 4.70. The van der Waals surface area contributed by atoms with Crippen LogP contribution in [0.15, 0.2) is 18.3 Å². The lowest BCUT2D eigenvalue weighted by molar-refractivity contribution is 0.0632. The zero-order valence-electron chi connectivity index (χ0n) is 10.9. The van der Waals surface area contributed by atoms with Gasteiger partial charge in [-0.25, -0.2) is 0 Å². The molecule has 0 aliphatic heterocycles. The van der Waals surface area contributed by atoms with Gasteiger partial charge in [0.2, 0.25) is 0 Å². The molecule has 1 aromatic heterocycles. The molecule has 1 aromatic rings. The van der Waals surface area contributed by atoms with E-state index >= 15 is 0 Å². The van der Waals surface area contributed by atoms with E-state index in [0.717, 1.165) is 25.7 Å². The first-order valence-corrected chi connectivity index (χ1v) is 6.60. The number of aliphatic hydroxyl groups excluding tert-OH is 1. The predicted octanol–water partition coefficient (Wildman–Crippen LogP) is 0.744. The summed E-state index contributed by atoms with van der Waals surface area (Å²) in [6.45, 7) is 0.322. The Balaban J connectivity index is 2.17. The number of hydrazine groups is 1. The number of nitrogens with two attached hydrogens (primary N) is 1. The number of nitrogens with one attached hydrogen (secondary N) is 1. The molecule has 6 nitrogen and oxygen atoms in total. The molecule has 6 heteroatoms. The minimum Gasteiger partial charge on any atom is -0.395 e. The molecule has 0 aromatic carbocycles. The van der Waals surface area contributed by atoms with Gasteiger partial charge >= 0.3 is 0 Å². The number of hydrogen-bond acceptors (Lipinski definition) is 5. The highest BCUT2D eigenvalue weighted by Crippen LogP contribution is 2.24. The summed E-state index contributed by atoms with van der Waals surface area (Å²) < 4.78 is 0. The van der Waals surface area contributed by atoms with Crippen LogP contribution in [-0.2, 0) is 0 Å². The van der Waals surface area contributed by atoms with Gasteiger partial charge in [-0.2, -0.15) is 0 Å². The van der Waals surface area contributed by atoms with Crippen LogP contribution in [-0.4, -0.2) is 40.1 Å². The number of amides is 1.